The Morgan fingerprint density at radius 1 is 1.00 bits per heavy atom. The van der Waals surface area contributed by atoms with Crippen LogP contribution in [0.1, 0.15) is 21.5 Å². The summed E-state index contributed by atoms with van der Waals surface area (Å²) in [5.41, 5.74) is 1.60. The number of hydrogen-bond acceptors (Lipinski definition) is 5. The number of halogens is 1. The number of methoxy groups -OCH3 is 1. The molecule has 5 nitrogen and oxygen atoms in total. The lowest BCUT2D eigenvalue weighted by Crippen LogP contribution is -2.11. The molecular weight excluding hydrogens is 378 g/mol. The van der Waals surface area contributed by atoms with E-state index in [9.17, 15) is 4.79 Å². The molecule has 0 radical (unpaired) electrons. The molecule has 0 unspecified atom stereocenters. The van der Waals surface area contributed by atoms with Crippen molar-refractivity contribution in [3.63, 3.8) is 0 Å². The molecule has 0 atom stereocenters. The van der Waals surface area contributed by atoms with Gasteiger partial charge >= 0.3 is 5.97 Å². The van der Waals surface area contributed by atoms with Crippen LogP contribution in [0.25, 0.3) is 0 Å². The normalized spacial score (nSPS) is 10.0. The van der Waals surface area contributed by atoms with Crippen LogP contribution in [0.3, 0.4) is 0 Å². The Kier molecular flexibility index (Phi) is 6.15. The van der Waals surface area contributed by atoms with Crippen molar-refractivity contribution in [2.24, 2.45) is 0 Å². The summed E-state index contributed by atoms with van der Waals surface area (Å²) in [7, 11) is 1.44. The molecule has 0 aliphatic carbocycles. The van der Waals surface area contributed by atoms with Gasteiger partial charge in [0.25, 0.3) is 0 Å². The van der Waals surface area contributed by atoms with Crippen LogP contribution in [0.5, 0.6) is 17.2 Å². The molecule has 0 saturated carbocycles. The number of esters is 1. The van der Waals surface area contributed by atoms with E-state index in [-0.39, 0.29) is 17.9 Å². The SMILES string of the molecule is COc1cc(C#N)ccc1OC(=O)c1ccccc1OCc1ccc(Cl)cc1. The van der Waals surface area contributed by atoms with E-state index in [1.54, 1.807) is 42.5 Å². The summed E-state index contributed by atoms with van der Waals surface area (Å²) in [5, 5.41) is 9.62. The quantitative estimate of drug-likeness (QED) is 0.434. The average molecular weight is 394 g/mol. The fourth-order valence-electron chi connectivity index (χ4n) is 2.48. The Hall–Kier alpha value is -3.49. The first-order valence-corrected chi connectivity index (χ1v) is 8.75. The number of carbonyl (C=O) groups excluding carboxylic acids is 1. The molecule has 140 valence electrons. The number of nitrogens with zero attached hydrogens (tertiary/aromatic N) is 1. The van der Waals surface area contributed by atoms with Gasteiger partial charge in [-0.05, 0) is 42.0 Å². The number of rotatable bonds is 6. The molecule has 0 aliphatic rings. The van der Waals surface area contributed by atoms with Crippen LogP contribution < -0.4 is 14.2 Å². The molecule has 0 fully saturated rings. The van der Waals surface area contributed by atoms with Crippen LogP contribution in [0.4, 0.5) is 0 Å². The number of carbonyl (C=O) groups is 1. The molecule has 3 rings (SSSR count). The summed E-state index contributed by atoms with van der Waals surface area (Å²) in [6, 6.07) is 20.7. The van der Waals surface area contributed by atoms with Gasteiger partial charge in [-0.25, -0.2) is 4.79 Å². The minimum atomic E-state index is -0.588. The summed E-state index contributed by atoms with van der Waals surface area (Å²) in [6.07, 6.45) is 0. The Morgan fingerprint density at radius 3 is 2.46 bits per heavy atom. The zero-order valence-corrected chi connectivity index (χ0v) is 15.8. The maximum Gasteiger partial charge on any atom is 0.347 e. The minimum absolute atomic E-state index is 0.221. The number of nitriles is 1. The fourth-order valence-corrected chi connectivity index (χ4v) is 2.61. The summed E-state index contributed by atoms with van der Waals surface area (Å²) in [5.74, 6) is 0.329. The second kappa shape index (κ2) is 8.94. The highest BCUT2D eigenvalue weighted by Gasteiger charge is 2.17. The van der Waals surface area contributed by atoms with Crippen LogP contribution in [0.15, 0.2) is 66.7 Å². The summed E-state index contributed by atoms with van der Waals surface area (Å²) in [4.78, 5) is 12.7. The third-order valence-electron chi connectivity index (χ3n) is 3.91. The molecule has 0 aromatic heterocycles. The third-order valence-corrected chi connectivity index (χ3v) is 4.16. The van der Waals surface area contributed by atoms with E-state index in [0.29, 0.717) is 22.1 Å². The summed E-state index contributed by atoms with van der Waals surface area (Å²) >= 11 is 5.89. The maximum absolute atomic E-state index is 12.7. The number of ether oxygens (including phenoxy) is 3. The standard InChI is InChI=1S/C22H16ClNO4/c1-26-21-12-16(13-24)8-11-20(21)28-22(25)18-4-2-3-5-19(18)27-14-15-6-9-17(23)10-7-15/h2-12H,14H2,1H3. The van der Waals surface area contributed by atoms with E-state index in [2.05, 4.69) is 0 Å². The lowest BCUT2D eigenvalue weighted by molar-refractivity contribution is 0.0724. The molecule has 0 N–H and O–H groups in total. The van der Waals surface area contributed by atoms with Gasteiger partial charge < -0.3 is 14.2 Å². The molecular formula is C22H16ClNO4. The second-order valence-corrected chi connectivity index (χ2v) is 6.21. The largest absolute Gasteiger partial charge is 0.493 e. The zero-order chi connectivity index (χ0) is 19.9. The van der Waals surface area contributed by atoms with E-state index in [0.717, 1.165) is 5.56 Å². The molecule has 3 aromatic carbocycles. The molecule has 0 bridgehead atoms. The second-order valence-electron chi connectivity index (χ2n) is 5.78. The lowest BCUT2D eigenvalue weighted by atomic mass is 10.2. The van der Waals surface area contributed by atoms with Gasteiger partial charge in [-0.15, -0.1) is 0 Å². The molecule has 28 heavy (non-hydrogen) atoms. The Labute approximate surface area is 167 Å². The highest BCUT2D eigenvalue weighted by atomic mass is 35.5. The van der Waals surface area contributed by atoms with Gasteiger partial charge in [-0.3, -0.25) is 0 Å². The van der Waals surface area contributed by atoms with Crippen molar-refractivity contribution in [2.75, 3.05) is 7.11 Å². The topological polar surface area (TPSA) is 68.5 Å². The van der Waals surface area contributed by atoms with Gasteiger partial charge in [-0.2, -0.15) is 5.26 Å². The van der Waals surface area contributed by atoms with E-state index in [1.807, 2.05) is 18.2 Å². The highest BCUT2D eigenvalue weighted by molar-refractivity contribution is 6.30. The highest BCUT2D eigenvalue weighted by Crippen LogP contribution is 2.30. The predicted octanol–water partition coefficient (Wildman–Crippen LogP) is 5.02. The Morgan fingerprint density at radius 2 is 1.75 bits per heavy atom. The Bertz CT molecular complexity index is 1030. The van der Waals surface area contributed by atoms with Crippen molar-refractivity contribution in [3.8, 4) is 23.3 Å². The zero-order valence-electron chi connectivity index (χ0n) is 15.0. The van der Waals surface area contributed by atoms with Crippen molar-refractivity contribution < 1.29 is 19.0 Å². The van der Waals surface area contributed by atoms with Crippen molar-refractivity contribution in [1.82, 2.24) is 0 Å². The van der Waals surface area contributed by atoms with Crippen LogP contribution in [-0.4, -0.2) is 13.1 Å². The van der Waals surface area contributed by atoms with Crippen LogP contribution in [-0.2, 0) is 6.61 Å². The molecule has 0 saturated heterocycles. The fraction of sp³-hybridized carbons (Fsp3) is 0.0909. The van der Waals surface area contributed by atoms with Gasteiger partial charge in [0.1, 0.15) is 17.9 Å². The van der Waals surface area contributed by atoms with Gasteiger partial charge in [0.15, 0.2) is 11.5 Å². The first-order chi connectivity index (χ1) is 13.6. The van der Waals surface area contributed by atoms with Crippen LogP contribution in [0.2, 0.25) is 5.02 Å². The van der Waals surface area contributed by atoms with Gasteiger partial charge in [0, 0.05) is 11.1 Å². The summed E-state index contributed by atoms with van der Waals surface area (Å²) in [6.45, 7) is 0.279. The average Bonchev–Trinajstić information content (AvgIpc) is 2.73. The number of hydrogen-bond donors (Lipinski definition) is 0. The maximum atomic E-state index is 12.7. The monoisotopic (exact) mass is 393 g/mol. The first-order valence-electron chi connectivity index (χ1n) is 8.37. The molecule has 0 aliphatic heterocycles. The van der Waals surface area contributed by atoms with Crippen molar-refractivity contribution >= 4 is 17.6 Å². The Balaban J connectivity index is 1.77. The molecule has 0 spiro atoms. The van der Waals surface area contributed by atoms with Gasteiger partial charge in [0.05, 0.1) is 18.7 Å². The molecule has 6 heteroatoms. The van der Waals surface area contributed by atoms with E-state index >= 15 is 0 Å². The number of para-hydroxylation sites is 1. The minimum Gasteiger partial charge on any atom is -0.493 e. The van der Waals surface area contributed by atoms with E-state index in [4.69, 9.17) is 31.1 Å². The van der Waals surface area contributed by atoms with Crippen molar-refractivity contribution in [3.05, 3.63) is 88.4 Å². The van der Waals surface area contributed by atoms with Gasteiger partial charge in [0.2, 0.25) is 0 Å². The smallest absolute Gasteiger partial charge is 0.347 e. The van der Waals surface area contributed by atoms with Gasteiger partial charge in [-0.1, -0.05) is 35.9 Å². The number of benzene rings is 3. The molecule has 0 heterocycles. The first kappa shape index (κ1) is 19.3. The van der Waals surface area contributed by atoms with Crippen molar-refractivity contribution in [2.45, 2.75) is 6.61 Å². The van der Waals surface area contributed by atoms with Crippen molar-refractivity contribution in [1.29, 1.82) is 5.26 Å². The van der Waals surface area contributed by atoms with E-state index in [1.165, 1.54) is 19.2 Å². The van der Waals surface area contributed by atoms with Crippen LogP contribution >= 0.6 is 11.6 Å². The summed E-state index contributed by atoms with van der Waals surface area (Å²) < 4.78 is 16.5. The van der Waals surface area contributed by atoms with Crippen LogP contribution in [0, 0.1) is 11.3 Å². The molecule has 0 amide bonds. The molecule has 3 aromatic rings. The predicted molar refractivity (Wildman–Crippen MR) is 105 cm³/mol. The lowest BCUT2D eigenvalue weighted by Gasteiger charge is -2.13. The van der Waals surface area contributed by atoms with E-state index < -0.39 is 5.97 Å². The third kappa shape index (κ3) is 4.61.